The first kappa shape index (κ1) is 57.3. The molecule has 1 fully saturated rings. The van der Waals surface area contributed by atoms with E-state index in [0.29, 0.717) is 12.8 Å². The second kappa shape index (κ2) is 37.7. The van der Waals surface area contributed by atoms with Crippen molar-refractivity contribution in [2.75, 3.05) is 13.2 Å². The van der Waals surface area contributed by atoms with Crippen LogP contribution in [0.1, 0.15) is 206 Å². The third-order valence-electron chi connectivity index (χ3n) is 11.3. The average molecular weight is 891 g/mol. The zero-order valence-electron chi connectivity index (χ0n) is 38.0. The molecule has 358 valence electrons. The van der Waals surface area contributed by atoms with Crippen molar-refractivity contribution >= 4 is 19.8 Å². The Morgan fingerprint density at radius 2 is 0.885 bits per heavy atom. The van der Waals surface area contributed by atoms with Gasteiger partial charge in [-0.3, -0.25) is 18.6 Å². The molecule has 6 atom stereocenters. The van der Waals surface area contributed by atoms with Gasteiger partial charge < -0.3 is 39.9 Å². The van der Waals surface area contributed by atoms with Crippen molar-refractivity contribution < 1.29 is 63.1 Å². The van der Waals surface area contributed by atoms with Crippen LogP contribution in [-0.2, 0) is 32.7 Å². The predicted molar refractivity (Wildman–Crippen MR) is 240 cm³/mol. The molecule has 6 N–H and O–H groups in total. The Labute approximate surface area is 368 Å². The smallest absolute Gasteiger partial charge is 0.462 e. The highest BCUT2D eigenvalue weighted by Crippen LogP contribution is 2.47. The number of esters is 2. The Hall–Kier alpha value is -1.67. The van der Waals surface area contributed by atoms with Crippen LogP contribution in [0.15, 0.2) is 24.3 Å². The van der Waals surface area contributed by atoms with Crippen LogP contribution in [0.5, 0.6) is 0 Å². The highest BCUT2D eigenvalue weighted by atomic mass is 31.2. The fraction of sp³-hybridized carbons (Fsp3) is 0.872. The summed E-state index contributed by atoms with van der Waals surface area (Å²) in [6.45, 7) is 3.28. The Balaban J connectivity index is 2.44. The lowest BCUT2D eigenvalue weighted by Gasteiger charge is -2.41. The van der Waals surface area contributed by atoms with E-state index in [1.807, 2.05) is 0 Å². The Morgan fingerprint density at radius 1 is 0.508 bits per heavy atom. The molecule has 14 heteroatoms. The predicted octanol–water partition coefficient (Wildman–Crippen LogP) is 9.62. The van der Waals surface area contributed by atoms with Crippen LogP contribution in [0.2, 0.25) is 0 Å². The van der Waals surface area contributed by atoms with Gasteiger partial charge in [-0.15, -0.1) is 0 Å². The highest BCUT2D eigenvalue weighted by Gasteiger charge is 2.51. The number of hydrogen-bond acceptors (Lipinski definition) is 12. The van der Waals surface area contributed by atoms with E-state index >= 15 is 0 Å². The maximum Gasteiger partial charge on any atom is 0.472 e. The molecule has 1 saturated carbocycles. The average Bonchev–Trinajstić information content (AvgIpc) is 3.24. The maximum absolute atomic E-state index is 12.8. The van der Waals surface area contributed by atoms with E-state index in [1.165, 1.54) is 103 Å². The summed E-state index contributed by atoms with van der Waals surface area (Å²) in [5, 5.41) is 50.2. The van der Waals surface area contributed by atoms with Crippen LogP contribution >= 0.6 is 7.82 Å². The molecule has 0 bridgehead atoms. The first-order valence-corrected chi connectivity index (χ1v) is 25.6. The van der Waals surface area contributed by atoms with E-state index in [4.69, 9.17) is 18.5 Å². The van der Waals surface area contributed by atoms with E-state index < -0.39 is 75.7 Å². The van der Waals surface area contributed by atoms with Gasteiger partial charge in [-0.1, -0.05) is 173 Å². The number of rotatable bonds is 40. The highest BCUT2D eigenvalue weighted by molar-refractivity contribution is 7.47. The summed E-state index contributed by atoms with van der Waals surface area (Å²) >= 11 is 0. The van der Waals surface area contributed by atoms with Crippen molar-refractivity contribution in [2.24, 2.45) is 0 Å². The molecule has 13 nitrogen and oxygen atoms in total. The summed E-state index contributed by atoms with van der Waals surface area (Å²) in [7, 11) is -5.12. The van der Waals surface area contributed by atoms with Gasteiger partial charge in [-0.25, -0.2) is 4.57 Å². The Kier molecular flexibility index (Phi) is 35.4. The van der Waals surface area contributed by atoms with Gasteiger partial charge in [0.05, 0.1) is 6.61 Å². The summed E-state index contributed by atoms with van der Waals surface area (Å²) in [5.74, 6) is -1.11. The summed E-state index contributed by atoms with van der Waals surface area (Å²) in [6, 6.07) is 0. The van der Waals surface area contributed by atoms with E-state index in [-0.39, 0.29) is 12.8 Å². The van der Waals surface area contributed by atoms with E-state index in [0.717, 1.165) is 64.2 Å². The number of aliphatic hydroxyl groups excluding tert-OH is 5. The molecule has 0 aromatic rings. The second-order valence-corrected chi connectivity index (χ2v) is 18.4. The topological polar surface area (TPSA) is 210 Å². The minimum Gasteiger partial charge on any atom is -0.462 e. The van der Waals surface area contributed by atoms with Crippen molar-refractivity contribution in [3.8, 4) is 0 Å². The van der Waals surface area contributed by atoms with Crippen molar-refractivity contribution in [2.45, 2.75) is 249 Å². The minimum absolute atomic E-state index is 0.0981. The first-order chi connectivity index (χ1) is 29.4. The standard InChI is InChI=1S/C47H87O13P/c1-3-5-7-9-11-13-15-17-19-20-22-24-26-28-30-32-34-36-41(49)59-39(38-58-61(55,56)60-47-45(53)43(51)42(50)44(52)46(47)54)37-57-40(48)35-33-31-29-27-25-23-21-18-16-14-12-10-8-6-4-2/h12,14,18,21,39,42-47,50-54H,3-11,13,15-17,19-20,22-38H2,1-2H3,(H,55,56). The van der Waals surface area contributed by atoms with Gasteiger partial charge in [0.1, 0.15) is 43.2 Å². The molecule has 0 aliphatic heterocycles. The molecular weight excluding hydrogens is 803 g/mol. The number of aliphatic hydroxyl groups is 5. The van der Waals surface area contributed by atoms with Gasteiger partial charge >= 0.3 is 19.8 Å². The van der Waals surface area contributed by atoms with Crippen LogP contribution < -0.4 is 0 Å². The minimum atomic E-state index is -5.12. The van der Waals surface area contributed by atoms with Crippen LogP contribution in [0.4, 0.5) is 0 Å². The van der Waals surface area contributed by atoms with Crippen molar-refractivity contribution in [3.63, 3.8) is 0 Å². The normalized spacial score (nSPS) is 22.2. The third kappa shape index (κ3) is 30.2. The Bertz CT molecular complexity index is 1170. The molecule has 1 aliphatic rings. The van der Waals surface area contributed by atoms with Gasteiger partial charge in [0.25, 0.3) is 0 Å². The van der Waals surface area contributed by atoms with Gasteiger partial charge in [0.2, 0.25) is 0 Å². The van der Waals surface area contributed by atoms with Crippen molar-refractivity contribution in [1.82, 2.24) is 0 Å². The van der Waals surface area contributed by atoms with E-state index in [1.54, 1.807) is 0 Å². The van der Waals surface area contributed by atoms with E-state index in [9.17, 15) is 44.6 Å². The zero-order valence-corrected chi connectivity index (χ0v) is 38.9. The molecular formula is C47H87O13P. The fourth-order valence-corrected chi connectivity index (χ4v) is 8.35. The van der Waals surface area contributed by atoms with Crippen LogP contribution in [0, 0.1) is 0 Å². The first-order valence-electron chi connectivity index (χ1n) is 24.1. The number of carbonyl (C=O) groups is 2. The molecule has 0 aromatic heterocycles. The monoisotopic (exact) mass is 891 g/mol. The molecule has 0 aromatic carbocycles. The molecule has 6 unspecified atom stereocenters. The molecule has 0 amide bonds. The number of phosphoric ester groups is 1. The molecule has 0 radical (unpaired) electrons. The zero-order chi connectivity index (χ0) is 45.0. The number of ether oxygens (including phenoxy) is 2. The summed E-state index contributed by atoms with van der Waals surface area (Å²) in [5.41, 5.74) is 0. The number of allylic oxidation sites excluding steroid dienone is 4. The summed E-state index contributed by atoms with van der Waals surface area (Å²) in [4.78, 5) is 35.7. The lowest BCUT2D eigenvalue weighted by Crippen LogP contribution is -2.64. The van der Waals surface area contributed by atoms with Crippen molar-refractivity contribution in [1.29, 1.82) is 0 Å². The van der Waals surface area contributed by atoms with Gasteiger partial charge in [-0.2, -0.15) is 0 Å². The summed E-state index contributed by atoms with van der Waals surface area (Å²) in [6.07, 6.45) is 28.0. The largest absolute Gasteiger partial charge is 0.472 e. The molecule has 1 aliphatic carbocycles. The number of phosphoric acid groups is 1. The maximum atomic E-state index is 12.8. The van der Waals surface area contributed by atoms with Crippen LogP contribution in [0.25, 0.3) is 0 Å². The third-order valence-corrected chi connectivity index (χ3v) is 12.3. The van der Waals surface area contributed by atoms with Crippen molar-refractivity contribution in [3.05, 3.63) is 24.3 Å². The lowest BCUT2D eigenvalue weighted by molar-refractivity contribution is -0.220. The number of unbranched alkanes of at least 4 members (excludes halogenated alkanes) is 24. The SMILES string of the molecule is CCCCCC=CCC=CCCCCCCCC(=O)OCC(COP(=O)(O)OC1C(O)C(O)C(O)C(O)C1O)OC(=O)CCCCCCCCCCCCCCCCCCC. The van der Waals surface area contributed by atoms with Gasteiger partial charge in [-0.05, 0) is 44.9 Å². The van der Waals surface area contributed by atoms with Crippen LogP contribution in [0.3, 0.4) is 0 Å². The molecule has 0 spiro atoms. The molecule has 0 saturated heterocycles. The quantitative estimate of drug-likeness (QED) is 0.0147. The van der Waals surface area contributed by atoms with E-state index in [2.05, 4.69) is 38.2 Å². The molecule has 0 heterocycles. The fourth-order valence-electron chi connectivity index (χ4n) is 7.38. The van der Waals surface area contributed by atoms with Crippen LogP contribution in [-0.4, -0.2) is 98.3 Å². The van der Waals surface area contributed by atoms with Gasteiger partial charge in [0.15, 0.2) is 6.10 Å². The molecule has 61 heavy (non-hydrogen) atoms. The number of carbonyl (C=O) groups excluding carboxylic acids is 2. The Morgan fingerprint density at radius 3 is 1.36 bits per heavy atom. The molecule has 1 rings (SSSR count). The van der Waals surface area contributed by atoms with Gasteiger partial charge in [0, 0.05) is 12.8 Å². The second-order valence-electron chi connectivity index (χ2n) is 17.0. The number of hydrogen-bond donors (Lipinski definition) is 6. The summed E-state index contributed by atoms with van der Waals surface area (Å²) < 4.78 is 33.6. The lowest BCUT2D eigenvalue weighted by atomic mass is 9.85.